The monoisotopic (exact) mass is 437 g/mol. The van der Waals surface area contributed by atoms with Crippen molar-refractivity contribution in [2.75, 3.05) is 27.3 Å². The quantitative estimate of drug-likeness (QED) is 0.599. The molecule has 10 heteroatoms. The molecule has 1 amide bonds. The first-order valence-corrected chi connectivity index (χ1v) is 10.9. The van der Waals surface area contributed by atoms with Gasteiger partial charge in [0, 0.05) is 43.5 Å². The lowest BCUT2D eigenvalue weighted by molar-refractivity contribution is -0.121. The third-order valence-corrected chi connectivity index (χ3v) is 6.62. The van der Waals surface area contributed by atoms with Gasteiger partial charge in [-0.25, -0.2) is 8.42 Å². The maximum Gasteiger partial charge on any atom is 0.251 e. The van der Waals surface area contributed by atoms with Crippen LogP contribution in [0.3, 0.4) is 0 Å². The molecule has 1 aromatic heterocycles. The minimum absolute atomic E-state index is 0.0320. The molecule has 0 saturated carbocycles. The zero-order chi connectivity index (χ0) is 22.3. The Hall–Kier alpha value is -2.85. The molecular weight excluding hydrogens is 410 g/mol. The Balaban J connectivity index is 2.15. The molecule has 2 rings (SSSR count). The van der Waals surface area contributed by atoms with Crippen molar-refractivity contribution >= 4 is 15.9 Å². The highest BCUT2D eigenvalue weighted by molar-refractivity contribution is 7.89. The van der Waals surface area contributed by atoms with Gasteiger partial charge in [0.2, 0.25) is 15.9 Å². The van der Waals surface area contributed by atoms with E-state index in [2.05, 4.69) is 5.32 Å². The van der Waals surface area contributed by atoms with E-state index in [-0.39, 0.29) is 18.0 Å². The van der Waals surface area contributed by atoms with Crippen molar-refractivity contribution in [3.63, 3.8) is 0 Å². The van der Waals surface area contributed by atoms with Crippen molar-refractivity contribution < 1.29 is 22.7 Å². The van der Waals surface area contributed by atoms with Crippen LogP contribution in [-0.2, 0) is 27.9 Å². The van der Waals surface area contributed by atoms with Gasteiger partial charge in [-0.15, -0.1) is 0 Å². The van der Waals surface area contributed by atoms with Crippen LogP contribution in [0.15, 0.2) is 46.2 Å². The lowest BCUT2D eigenvalue weighted by Crippen LogP contribution is -2.34. The van der Waals surface area contributed by atoms with Gasteiger partial charge in [0.05, 0.1) is 19.1 Å². The Kier molecular flexibility index (Phi) is 8.01. The number of carbonyl (C=O) groups excluding carboxylic acids is 1. The standard InChI is InChI=1S/C20H27N3O6S/c1-5-23(6-2)30(26,27)17-9-10-20(25)22(13-17)14-19(24)21-12-15-7-8-16(28-3)11-18(15)29-4/h7-11,13H,5-6,12,14H2,1-4H3,(H,21,24). The van der Waals surface area contributed by atoms with Crippen molar-refractivity contribution in [2.45, 2.75) is 31.8 Å². The van der Waals surface area contributed by atoms with E-state index in [0.717, 1.165) is 16.2 Å². The average molecular weight is 438 g/mol. The summed E-state index contributed by atoms with van der Waals surface area (Å²) in [5.41, 5.74) is 0.266. The van der Waals surface area contributed by atoms with E-state index in [4.69, 9.17) is 9.47 Å². The van der Waals surface area contributed by atoms with Crippen LogP contribution in [0.25, 0.3) is 0 Å². The Morgan fingerprint density at radius 3 is 2.40 bits per heavy atom. The maximum absolute atomic E-state index is 12.7. The fourth-order valence-corrected chi connectivity index (χ4v) is 4.38. The summed E-state index contributed by atoms with van der Waals surface area (Å²) in [6.07, 6.45) is 1.20. The summed E-state index contributed by atoms with van der Waals surface area (Å²) in [4.78, 5) is 24.5. The summed E-state index contributed by atoms with van der Waals surface area (Å²) in [6.45, 7) is 3.96. The van der Waals surface area contributed by atoms with Gasteiger partial charge in [-0.2, -0.15) is 4.31 Å². The Bertz CT molecular complexity index is 1040. The SMILES string of the molecule is CCN(CC)S(=O)(=O)c1ccc(=O)n(CC(=O)NCc2ccc(OC)cc2OC)c1. The predicted octanol–water partition coefficient (Wildman–Crippen LogP) is 1.21. The Morgan fingerprint density at radius 1 is 1.10 bits per heavy atom. The molecule has 0 aliphatic heterocycles. The number of aromatic nitrogens is 1. The first-order chi connectivity index (χ1) is 14.3. The molecule has 0 radical (unpaired) electrons. The summed E-state index contributed by atoms with van der Waals surface area (Å²) in [7, 11) is -0.674. The number of rotatable bonds is 10. The number of hydrogen-bond donors (Lipinski definition) is 1. The number of nitrogens with zero attached hydrogens (tertiary/aromatic N) is 2. The van der Waals surface area contributed by atoms with E-state index >= 15 is 0 Å². The Labute approximate surface area is 176 Å². The van der Waals surface area contributed by atoms with Gasteiger partial charge >= 0.3 is 0 Å². The molecule has 1 N–H and O–H groups in total. The second-order valence-electron chi connectivity index (χ2n) is 6.37. The molecule has 1 aromatic carbocycles. The molecule has 0 fully saturated rings. The normalized spacial score (nSPS) is 11.4. The van der Waals surface area contributed by atoms with E-state index in [1.807, 2.05) is 0 Å². The highest BCUT2D eigenvalue weighted by atomic mass is 32.2. The van der Waals surface area contributed by atoms with Crippen LogP contribution in [0.1, 0.15) is 19.4 Å². The van der Waals surface area contributed by atoms with Gasteiger partial charge in [0.25, 0.3) is 5.56 Å². The van der Waals surface area contributed by atoms with Crippen molar-refractivity contribution in [2.24, 2.45) is 0 Å². The van der Waals surface area contributed by atoms with Gasteiger partial charge in [-0.05, 0) is 18.2 Å². The first-order valence-electron chi connectivity index (χ1n) is 9.45. The van der Waals surface area contributed by atoms with E-state index in [1.54, 1.807) is 39.2 Å². The van der Waals surface area contributed by atoms with Crippen LogP contribution < -0.4 is 20.3 Å². The number of benzene rings is 1. The first kappa shape index (κ1) is 23.4. The molecule has 1 heterocycles. The summed E-state index contributed by atoms with van der Waals surface area (Å²) < 4.78 is 38.1. The van der Waals surface area contributed by atoms with E-state index in [1.165, 1.54) is 23.7 Å². The highest BCUT2D eigenvalue weighted by Crippen LogP contribution is 2.24. The molecule has 9 nitrogen and oxygen atoms in total. The molecular formula is C20H27N3O6S. The average Bonchev–Trinajstić information content (AvgIpc) is 2.74. The van der Waals surface area contributed by atoms with Crippen LogP contribution >= 0.6 is 0 Å². The number of sulfonamides is 1. The lowest BCUT2D eigenvalue weighted by Gasteiger charge is -2.19. The fraction of sp³-hybridized carbons (Fsp3) is 0.400. The van der Waals surface area contributed by atoms with E-state index < -0.39 is 21.5 Å². The van der Waals surface area contributed by atoms with E-state index in [0.29, 0.717) is 24.6 Å². The molecule has 0 aliphatic carbocycles. The molecule has 0 saturated heterocycles. The van der Waals surface area contributed by atoms with Crippen LogP contribution in [0.5, 0.6) is 11.5 Å². The number of amides is 1. The predicted molar refractivity (Wildman–Crippen MR) is 112 cm³/mol. The van der Waals surface area contributed by atoms with Gasteiger partial charge in [-0.3, -0.25) is 9.59 Å². The summed E-state index contributed by atoms with van der Waals surface area (Å²) in [5.74, 6) is 0.742. The van der Waals surface area contributed by atoms with Gasteiger partial charge < -0.3 is 19.4 Å². The van der Waals surface area contributed by atoms with Crippen LogP contribution in [-0.4, -0.2) is 50.5 Å². The molecule has 0 spiro atoms. The topological polar surface area (TPSA) is 107 Å². The number of hydrogen-bond acceptors (Lipinski definition) is 6. The van der Waals surface area contributed by atoms with E-state index in [9.17, 15) is 18.0 Å². The second-order valence-corrected chi connectivity index (χ2v) is 8.31. The number of nitrogens with one attached hydrogen (secondary N) is 1. The zero-order valence-electron chi connectivity index (χ0n) is 17.5. The minimum atomic E-state index is -3.73. The van der Waals surface area contributed by atoms with Crippen molar-refractivity contribution in [3.8, 4) is 11.5 Å². The molecule has 164 valence electrons. The molecule has 2 aromatic rings. The maximum atomic E-state index is 12.7. The largest absolute Gasteiger partial charge is 0.497 e. The van der Waals surface area contributed by atoms with Crippen molar-refractivity contribution in [3.05, 3.63) is 52.4 Å². The van der Waals surface area contributed by atoms with Crippen LogP contribution in [0.2, 0.25) is 0 Å². The molecule has 0 atom stereocenters. The molecule has 30 heavy (non-hydrogen) atoms. The van der Waals surface area contributed by atoms with Crippen LogP contribution in [0.4, 0.5) is 0 Å². The Morgan fingerprint density at radius 2 is 1.80 bits per heavy atom. The molecule has 0 bridgehead atoms. The molecule has 0 unspecified atom stereocenters. The summed E-state index contributed by atoms with van der Waals surface area (Å²) in [6, 6.07) is 7.62. The van der Waals surface area contributed by atoms with Gasteiger partial charge in [-0.1, -0.05) is 13.8 Å². The number of carbonyl (C=O) groups is 1. The highest BCUT2D eigenvalue weighted by Gasteiger charge is 2.22. The van der Waals surface area contributed by atoms with Crippen molar-refractivity contribution in [1.29, 1.82) is 0 Å². The fourth-order valence-electron chi connectivity index (χ4n) is 2.90. The lowest BCUT2D eigenvalue weighted by atomic mass is 10.2. The third-order valence-electron chi connectivity index (χ3n) is 4.58. The number of ether oxygens (including phenoxy) is 2. The van der Waals surface area contributed by atoms with Gasteiger partial charge in [0.15, 0.2) is 0 Å². The number of pyridine rings is 1. The summed E-state index contributed by atoms with van der Waals surface area (Å²) >= 11 is 0. The smallest absolute Gasteiger partial charge is 0.251 e. The minimum Gasteiger partial charge on any atom is -0.497 e. The third kappa shape index (κ3) is 5.39. The van der Waals surface area contributed by atoms with Gasteiger partial charge in [0.1, 0.15) is 18.0 Å². The molecule has 0 aliphatic rings. The number of methoxy groups -OCH3 is 2. The van der Waals surface area contributed by atoms with Crippen molar-refractivity contribution in [1.82, 2.24) is 14.2 Å². The second kappa shape index (κ2) is 10.3. The van der Waals surface area contributed by atoms with Crippen LogP contribution in [0, 0.1) is 0 Å². The summed E-state index contributed by atoms with van der Waals surface area (Å²) in [5, 5.41) is 2.71. The zero-order valence-corrected chi connectivity index (χ0v) is 18.4.